The summed E-state index contributed by atoms with van der Waals surface area (Å²) in [4.78, 5) is 5.44. The standard InChI is InChI=1S/C13H21NOS/c1-2-3-12-4-5-13(16-12)9-14-7-6-11(8-14)10-15/h4-5,11,15H,2-3,6-10H2,1H3. The lowest BCUT2D eigenvalue weighted by molar-refractivity contribution is 0.220. The molecule has 0 bridgehead atoms. The number of thiophene rings is 1. The summed E-state index contributed by atoms with van der Waals surface area (Å²) in [6.45, 7) is 5.86. The average molecular weight is 239 g/mol. The molecule has 1 aliphatic rings. The lowest BCUT2D eigenvalue weighted by Crippen LogP contribution is -2.20. The molecule has 0 radical (unpaired) electrons. The summed E-state index contributed by atoms with van der Waals surface area (Å²) in [5.74, 6) is 0.509. The van der Waals surface area contributed by atoms with E-state index in [2.05, 4.69) is 24.0 Å². The molecular formula is C13H21NOS. The van der Waals surface area contributed by atoms with Gasteiger partial charge < -0.3 is 5.11 Å². The normalized spacial score (nSPS) is 21.8. The van der Waals surface area contributed by atoms with Gasteiger partial charge in [0.05, 0.1) is 0 Å². The number of aryl methyl sites for hydroxylation is 1. The quantitative estimate of drug-likeness (QED) is 0.853. The number of aliphatic hydroxyl groups is 1. The molecular weight excluding hydrogens is 218 g/mol. The van der Waals surface area contributed by atoms with Crippen molar-refractivity contribution >= 4 is 11.3 Å². The Morgan fingerprint density at radius 3 is 2.94 bits per heavy atom. The highest BCUT2D eigenvalue weighted by Crippen LogP contribution is 2.23. The summed E-state index contributed by atoms with van der Waals surface area (Å²) in [5.41, 5.74) is 0. The lowest BCUT2D eigenvalue weighted by atomic mass is 10.1. The Bertz CT molecular complexity index is 323. The Morgan fingerprint density at radius 2 is 2.25 bits per heavy atom. The van der Waals surface area contributed by atoms with Crippen molar-refractivity contribution in [3.63, 3.8) is 0 Å². The van der Waals surface area contributed by atoms with Crippen LogP contribution in [-0.2, 0) is 13.0 Å². The third-order valence-corrected chi connectivity index (χ3v) is 4.35. The fraction of sp³-hybridized carbons (Fsp3) is 0.692. The van der Waals surface area contributed by atoms with Gasteiger partial charge in [-0.2, -0.15) is 0 Å². The van der Waals surface area contributed by atoms with Crippen LogP contribution >= 0.6 is 11.3 Å². The van der Waals surface area contributed by atoms with Crippen LogP contribution in [0.4, 0.5) is 0 Å². The van der Waals surface area contributed by atoms with E-state index in [9.17, 15) is 0 Å². The highest BCUT2D eigenvalue weighted by atomic mass is 32.1. The van der Waals surface area contributed by atoms with E-state index in [1.54, 1.807) is 0 Å². The SMILES string of the molecule is CCCc1ccc(CN2CCC(CO)C2)s1. The van der Waals surface area contributed by atoms with Crippen LogP contribution in [0.25, 0.3) is 0 Å². The highest BCUT2D eigenvalue weighted by molar-refractivity contribution is 7.11. The fourth-order valence-electron chi connectivity index (χ4n) is 2.31. The molecule has 0 saturated carbocycles. The molecule has 2 rings (SSSR count). The van der Waals surface area contributed by atoms with Gasteiger partial charge in [0.1, 0.15) is 0 Å². The largest absolute Gasteiger partial charge is 0.396 e. The van der Waals surface area contributed by atoms with Gasteiger partial charge in [0.15, 0.2) is 0 Å². The molecule has 1 saturated heterocycles. The molecule has 90 valence electrons. The molecule has 0 aliphatic carbocycles. The van der Waals surface area contributed by atoms with Crippen LogP contribution in [0.1, 0.15) is 29.5 Å². The zero-order chi connectivity index (χ0) is 11.4. The maximum Gasteiger partial charge on any atom is 0.0471 e. The molecule has 1 aromatic rings. The second-order valence-corrected chi connectivity index (χ2v) is 5.94. The number of rotatable bonds is 5. The fourth-order valence-corrected chi connectivity index (χ4v) is 3.48. The van der Waals surface area contributed by atoms with E-state index in [4.69, 9.17) is 5.11 Å². The first kappa shape index (κ1) is 12.1. The molecule has 1 N–H and O–H groups in total. The number of nitrogens with zero attached hydrogens (tertiary/aromatic N) is 1. The van der Waals surface area contributed by atoms with Crippen LogP contribution < -0.4 is 0 Å². The molecule has 1 fully saturated rings. The summed E-state index contributed by atoms with van der Waals surface area (Å²) < 4.78 is 0. The monoisotopic (exact) mass is 239 g/mol. The van der Waals surface area contributed by atoms with Gasteiger partial charge in [-0.25, -0.2) is 0 Å². The van der Waals surface area contributed by atoms with Gasteiger partial charge in [-0.05, 0) is 37.4 Å². The smallest absolute Gasteiger partial charge is 0.0471 e. The minimum atomic E-state index is 0.349. The van der Waals surface area contributed by atoms with Crippen molar-refractivity contribution in [2.24, 2.45) is 5.92 Å². The van der Waals surface area contributed by atoms with E-state index in [0.717, 1.165) is 26.1 Å². The molecule has 0 spiro atoms. The first-order valence-corrected chi connectivity index (χ1v) is 7.04. The molecule has 16 heavy (non-hydrogen) atoms. The van der Waals surface area contributed by atoms with E-state index >= 15 is 0 Å². The Hall–Kier alpha value is -0.380. The molecule has 1 atom stereocenters. The van der Waals surface area contributed by atoms with Crippen molar-refractivity contribution in [1.29, 1.82) is 0 Å². The first-order chi connectivity index (χ1) is 7.81. The third-order valence-electron chi connectivity index (χ3n) is 3.22. The third kappa shape index (κ3) is 3.06. The van der Waals surface area contributed by atoms with Gasteiger partial charge in [0, 0.05) is 29.5 Å². The van der Waals surface area contributed by atoms with Crippen molar-refractivity contribution in [3.05, 3.63) is 21.9 Å². The van der Waals surface area contributed by atoms with E-state index in [1.807, 2.05) is 11.3 Å². The van der Waals surface area contributed by atoms with Gasteiger partial charge in [0.2, 0.25) is 0 Å². The zero-order valence-electron chi connectivity index (χ0n) is 9.98. The summed E-state index contributed by atoms with van der Waals surface area (Å²) >= 11 is 1.95. The Labute approximate surface area is 102 Å². The van der Waals surface area contributed by atoms with Crippen molar-refractivity contribution in [3.8, 4) is 0 Å². The number of hydrogen-bond acceptors (Lipinski definition) is 3. The topological polar surface area (TPSA) is 23.5 Å². The summed E-state index contributed by atoms with van der Waals surface area (Å²) in [6, 6.07) is 4.53. The minimum absolute atomic E-state index is 0.349. The second kappa shape index (κ2) is 5.80. The Kier molecular flexibility index (Phi) is 4.38. The van der Waals surface area contributed by atoms with Crippen molar-refractivity contribution < 1.29 is 5.11 Å². The van der Waals surface area contributed by atoms with Crippen LogP contribution in [0.3, 0.4) is 0 Å². The minimum Gasteiger partial charge on any atom is -0.396 e. The molecule has 0 aromatic carbocycles. The molecule has 2 nitrogen and oxygen atoms in total. The highest BCUT2D eigenvalue weighted by Gasteiger charge is 2.21. The first-order valence-electron chi connectivity index (χ1n) is 6.22. The van der Waals surface area contributed by atoms with Crippen LogP contribution in [0.5, 0.6) is 0 Å². The molecule has 2 heterocycles. The van der Waals surface area contributed by atoms with Crippen molar-refractivity contribution in [2.75, 3.05) is 19.7 Å². The lowest BCUT2D eigenvalue weighted by Gasteiger charge is -2.13. The van der Waals surface area contributed by atoms with Crippen molar-refractivity contribution in [1.82, 2.24) is 4.90 Å². The molecule has 0 amide bonds. The van der Waals surface area contributed by atoms with Gasteiger partial charge in [-0.1, -0.05) is 13.3 Å². The van der Waals surface area contributed by atoms with Gasteiger partial charge in [-0.3, -0.25) is 4.90 Å². The number of hydrogen-bond donors (Lipinski definition) is 1. The van der Waals surface area contributed by atoms with Crippen molar-refractivity contribution in [2.45, 2.75) is 32.7 Å². The number of aliphatic hydroxyl groups excluding tert-OH is 1. The predicted octanol–water partition coefficient (Wildman–Crippen LogP) is 2.51. The molecule has 1 aliphatic heterocycles. The van der Waals surface area contributed by atoms with Gasteiger partial charge >= 0.3 is 0 Å². The summed E-state index contributed by atoms with van der Waals surface area (Å²) in [5, 5.41) is 9.10. The van der Waals surface area contributed by atoms with E-state index in [0.29, 0.717) is 12.5 Å². The zero-order valence-corrected chi connectivity index (χ0v) is 10.8. The summed E-state index contributed by atoms with van der Waals surface area (Å²) in [6.07, 6.45) is 3.60. The number of likely N-dealkylation sites (tertiary alicyclic amines) is 1. The Morgan fingerprint density at radius 1 is 1.44 bits per heavy atom. The van der Waals surface area contributed by atoms with Crippen LogP contribution in [0, 0.1) is 5.92 Å². The molecule has 3 heteroatoms. The van der Waals surface area contributed by atoms with Crippen LogP contribution in [0.15, 0.2) is 12.1 Å². The molecule has 1 unspecified atom stereocenters. The maximum atomic E-state index is 9.10. The van der Waals surface area contributed by atoms with E-state index in [1.165, 1.54) is 22.6 Å². The van der Waals surface area contributed by atoms with E-state index < -0.39 is 0 Å². The van der Waals surface area contributed by atoms with Gasteiger partial charge in [-0.15, -0.1) is 11.3 Å². The Balaban J connectivity index is 1.84. The van der Waals surface area contributed by atoms with Crippen LogP contribution in [0.2, 0.25) is 0 Å². The maximum absolute atomic E-state index is 9.10. The average Bonchev–Trinajstić information content (AvgIpc) is 2.89. The second-order valence-electron chi connectivity index (χ2n) is 4.69. The van der Waals surface area contributed by atoms with E-state index in [-0.39, 0.29) is 0 Å². The van der Waals surface area contributed by atoms with Gasteiger partial charge in [0.25, 0.3) is 0 Å². The van der Waals surface area contributed by atoms with Crippen LogP contribution in [-0.4, -0.2) is 29.7 Å². The summed E-state index contributed by atoms with van der Waals surface area (Å²) in [7, 11) is 0. The predicted molar refractivity (Wildman–Crippen MR) is 68.8 cm³/mol. The molecule has 1 aromatic heterocycles.